The van der Waals surface area contributed by atoms with E-state index in [9.17, 15) is 109 Å². The maximum Gasteiger partial charge on any atom is 0.472 e. The molecule has 0 rings (SSSR count). The van der Waals surface area contributed by atoms with Gasteiger partial charge in [-0.25, -0.2) is 56.8 Å². The van der Waals surface area contributed by atoms with E-state index < -0.39 is 161 Å². The van der Waals surface area contributed by atoms with E-state index in [-0.39, 0.29) is 127 Å². The van der Waals surface area contributed by atoms with E-state index in [1.165, 1.54) is 39.9 Å². The number of carbonyl (C=O) groups is 11. The Balaban J connectivity index is -0.000000239. The Morgan fingerprint density at radius 1 is 0.343 bits per heavy atom. The van der Waals surface area contributed by atoms with Crippen LogP contribution in [0.25, 0.3) is 0 Å². The van der Waals surface area contributed by atoms with Gasteiger partial charge in [0.25, 0.3) is 0 Å². The molecular formula is C77H136N3O51P9-2. The van der Waals surface area contributed by atoms with Crippen molar-refractivity contribution < 1.29 is 242 Å². The number of phosphoric ester groups is 4. The summed E-state index contributed by atoms with van der Waals surface area (Å²) in [7, 11) is -36.3. The summed E-state index contributed by atoms with van der Waals surface area (Å²) in [5, 5.41) is 14.6. The normalized spacial score (nSPS) is 12.1. The summed E-state index contributed by atoms with van der Waals surface area (Å²) in [5.41, 5.74) is 0.998. The quantitative estimate of drug-likeness (QED) is 0.0128. The fourth-order valence-corrected chi connectivity index (χ4v) is 12.7. The first kappa shape index (κ1) is 148. The van der Waals surface area contributed by atoms with Crippen LogP contribution in [-0.2, 0) is 168 Å². The highest BCUT2D eigenvalue weighted by atomic mass is 31.2. The molecule has 0 aromatic carbocycles. The Morgan fingerprint density at radius 2 is 0.636 bits per heavy atom. The first-order valence-corrected chi connectivity index (χ1v) is 56.1. The molecule has 140 heavy (non-hydrogen) atoms. The van der Waals surface area contributed by atoms with E-state index in [1.807, 2.05) is 0 Å². The SMILES string of the molecule is C=C(C)C(=O)OCC(O)CN(CP(C)(=O)O)CP(=O)(O)O.C=C(C)C(=O)OCCCCCCCCCCOP(C)(=O)O.C=C(C)C(=O)OCCOP(=O)(O)OCCOC(=O)C(=C)C.C=CC(=O)NCCCCOP(=C)(O)O.C=CC(=O)NCCOP(=C)(O)O.C=CC(=O)OCC(COC(=O)C=C)OP(=O)(O)O.C=CC(=O)OCCCCOP(=O)([O-])[O-].C=CC(=O)OCCOP(=O)(O)OCCOC(=O)C=C. The van der Waals surface area contributed by atoms with Crippen molar-refractivity contribution in [3.05, 3.63) is 137 Å². The van der Waals surface area contributed by atoms with Gasteiger partial charge in [-0.1, -0.05) is 111 Å². The number of hydrogen-bond donors (Lipinski definition) is 15. The number of aliphatic hydroxyl groups excluding tert-OH is 1. The molecule has 0 aliphatic rings. The molecule has 2 amide bonds. The summed E-state index contributed by atoms with van der Waals surface area (Å²) in [6.45, 7) is 42.1. The summed E-state index contributed by atoms with van der Waals surface area (Å²) in [6, 6.07) is 0. The molecule has 812 valence electrons. The van der Waals surface area contributed by atoms with Gasteiger partial charge in [-0.05, 0) is 91.0 Å². The number of nitrogens with one attached hydrogen (secondary N) is 2. The summed E-state index contributed by atoms with van der Waals surface area (Å²) < 4.78 is 158. The van der Waals surface area contributed by atoms with Crippen molar-refractivity contribution in [3.63, 3.8) is 0 Å². The second-order valence-electron chi connectivity index (χ2n) is 27.0. The van der Waals surface area contributed by atoms with Crippen LogP contribution in [0.1, 0.15) is 105 Å². The first-order valence-electron chi connectivity index (χ1n) is 40.4. The third-order valence-corrected chi connectivity index (χ3v) is 19.9. The van der Waals surface area contributed by atoms with Gasteiger partial charge in [-0.15, -0.1) is 0 Å². The van der Waals surface area contributed by atoms with Crippen LogP contribution < -0.4 is 20.4 Å². The predicted molar refractivity (Wildman–Crippen MR) is 505 cm³/mol. The lowest BCUT2D eigenvalue weighted by molar-refractivity contribution is -0.341. The van der Waals surface area contributed by atoms with E-state index in [1.54, 1.807) is 6.92 Å². The Morgan fingerprint density at radius 3 is 0.971 bits per heavy atom. The zero-order chi connectivity index (χ0) is 110. The Labute approximate surface area is 812 Å². The Hall–Kier alpha value is -7.48. The standard InChI is InChI=1S/C15H29O5P.C12H19O8P.C10H21NO8P2.C10H15O8P.C9H13O8P.C8H16NO4P.C7H13O6P.C6H12NO4P/c1-14(2)15(16)19-12-10-8-6-4-5-7-9-11-13-20-21(3,17)18;1-9(2)11(13)17-5-7-19-21(15,16)20-8-6-18-12(14)10(3)4;1-8(2)10(13)19-5-9(12)4-11(6-20(3,14)15)7-21(16,17)18;1-3-9(11)15-5-7-17-19(13,14)18-8-6-16-10(12)4-2;1-3-8(10)15-5-7(17-18(12,13)14)6-16-9(11)4-2;1-3-8(10)9-6-4-5-7-13-14(2,11)12;1-2-7(8)12-5-3-4-6-13-14(9,10)11;1-3-6(8)7-4-5-11-12(2,9)10/h1,4-13H2,2-3H3,(H,17,18);1,3,5-8H2,2,4H3,(H,15,16);9,12H,1,4-7H2,2-3H3,(H,14,15)(H2,16,17,18);3-4H,1-2,5-8H2,(H,13,14);3-4,7H,1-2,5-6H2,(H2,12,13,14);3,11-12H,1-2,4-7H2,(H,9,10);2H,1,3-6H2,(H2,9,10,11);3,9-10H,1-2,4-5H2,(H,7,8)/p-2. The summed E-state index contributed by atoms with van der Waals surface area (Å²) in [4.78, 5) is 246. The van der Waals surface area contributed by atoms with E-state index in [0.29, 0.717) is 51.0 Å². The van der Waals surface area contributed by atoms with Crippen LogP contribution in [0.3, 0.4) is 0 Å². The van der Waals surface area contributed by atoms with Gasteiger partial charge in [0, 0.05) is 85.6 Å². The number of hydrogen-bond acceptors (Lipinski definition) is 44. The number of nitrogens with zero attached hydrogens (tertiary/aromatic N) is 1. The van der Waals surface area contributed by atoms with Crippen LogP contribution in [0.15, 0.2) is 137 Å². The minimum atomic E-state index is -4.86. The van der Waals surface area contributed by atoms with Crippen molar-refractivity contribution in [2.45, 2.75) is 117 Å². The molecule has 0 aromatic heterocycles. The molecule has 54 nitrogen and oxygen atoms in total. The molecule has 0 bridgehead atoms. The zero-order valence-corrected chi connectivity index (χ0v) is 86.8. The van der Waals surface area contributed by atoms with Crippen molar-refractivity contribution in [1.29, 1.82) is 0 Å². The maximum absolute atomic E-state index is 11.4. The van der Waals surface area contributed by atoms with Crippen molar-refractivity contribution in [1.82, 2.24) is 15.5 Å². The summed E-state index contributed by atoms with van der Waals surface area (Å²) >= 11 is 0. The van der Waals surface area contributed by atoms with Crippen molar-refractivity contribution in [2.24, 2.45) is 0 Å². The third kappa shape index (κ3) is 125. The molecule has 0 spiro atoms. The van der Waals surface area contributed by atoms with Crippen molar-refractivity contribution in [3.8, 4) is 0 Å². The van der Waals surface area contributed by atoms with Crippen LogP contribution in [0.5, 0.6) is 0 Å². The highest BCUT2D eigenvalue weighted by Gasteiger charge is 2.29. The van der Waals surface area contributed by atoms with Gasteiger partial charge in [0.1, 0.15) is 64.7 Å². The summed E-state index contributed by atoms with van der Waals surface area (Å²) in [6.07, 6.45) is 19.7. The molecule has 0 radical (unpaired) electrons. The minimum absolute atomic E-state index is 0.0177. The molecule has 0 fully saturated rings. The second kappa shape index (κ2) is 85.9. The molecule has 15 N–H and O–H groups in total. The van der Waals surface area contributed by atoms with Gasteiger partial charge in [-0.3, -0.25) is 50.8 Å². The molecule has 0 saturated carbocycles. The average molecular weight is 2200 g/mol. The number of rotatable bonds is 69. The number of aliphatic hydroxyl groups is 1. The molecular weight excluding hydrogens is 2060 g/mol. The zero-order valence-electron chi connectivity index (χ0n) is 78.7. The van der Waals surface area contributed by atoms with E-state index in [4.69, 9.17) is 58.2 Å². The minimum Gasteiger partial charge on any atom is -0.790 e. The van der Waals surface area contributed by atoms with Crippen molar-refractivity contribution >= 4 is 147 Å². The van der Waals surface area contributed by atoms with E-state index in [2.05, 4.69) is 170 Å². The number of carbonyl (C=O) groups excluding carboxylic acids is 11. The lowest BCUT2D eigenvalue weighted by atomic mass is 10.1. The Kier molecular flexibility index (Phi) is 90.7. The molecule has 0 aliphatic heterocycles. The predicted octanol–water partition coefficient (Wildman–Crippen LogP) is 4.77. The lowest BCUT2D eigenvalue weighted by Crippen LogP contribution is -2.36. The molecule has 0 aromatic rings. The topological polar surface area (TPSA) is 810 Å². The van der Waals surface area contributed by atoms with E-state index in [0.717, 1.165) is 93.0 Å². The molecule has 0 aliphatic carbocycles. The lowest BCUT2D eigenvalue weighted by Gasteiger charge is -2.28. The second-order valence-corrected chi connectivity index (χ2v) is 41.3. The van der Waals surface area contributed by atoms with Crippen LogP contribution in [0, 0.1) is 0 Å². The molecule has 3 atom stereocenters. The van der Waals surface area contributed by atoms with Crippen LogP contribution in [0.2, 0.25) is 0 Å². The largest absolute Gasteiger partial charge is 0.790 e. The van der Waals surface area contributed by atoms with Gasteiger partial charge in [0.2, 0.25) is 34.3 Å². The van der Waals surface area contributed by atoms with Gasteiger partial charge in [-0.2, -0.15) is 0 Å². The van der Waals surface area contributed by atoms with Gasteiger partial charge in [0.15, 0.2) is 0 Å². The van der Waals surface area contributed by atoms with Gasteiger partial charge >= 0.3 is 92.4 Å². The molecule has 0 heterocycles. The molecule has 63 heteroatoms. The van der Waals surface area contributed by atoms with Gasteiger partial charge in [0.05, 0.1) is 80.2 Å². The highest BCUT2D eigenvalue weighted by molar-refractivity contribution is 7.58. The first-order chi connectivity index (χ1) is 64.3. The average Bonchev–Trinajstić information content (AvgIpc) is 0.882. The monoisotopic (exact) mass is 2200 g/mol. The molecule has 3 unspecified atom stereocenters. The third-order valence-electron chi connectivity index (χ3n) is 13.2. The molecule has 0 saturated heterocycles. The van der Waals surface area contributed by atoms with E-state index >= 15 is 0 Å². The fraction of sp³-hybridized carbons (Fsp3) is 0.545. The van der Waals surface area contributed by atoms with Crippen LogP contribution in [0.4, 0.5) is 0 Å². The smallest absolute Gasteiger partial charge is 0.472 e. The van der Waals surface area contributed by atoms with Crippen LogP contribution >= 0.6 is 69.0 Å². The summed E-state index contributed by atoms with van der Waals surface area (Å²) in [5.74, 6) is -6.30. The number of amides is 2. The van der Waals surface area contributed by atoms with Gasteiger partial charge < -0.3 is 150 Å². The fourth-order valence-electron chi connectivity index (χ4n) is 7.37. The Bertz CT molecular complexity index is 4100. The number of phosphoric acid groups is 4. The van der Waals surface area contributed by atoms with Crippen molar-refractivity contribution in [2.75, 3.05) is 158 Å². The number of unbranched alkanes of at least 4 members (excludes halogenated alkanes) is 9. The number of ether oxygens (including phenoxy) is 9. The number of esters is 9. The maximum atomic E-state index is 11.4. The highest BCUT2D eigenvalue weighted by Crippen LogP contribution is 2.45. The van der Waals surface area contributed by atoms with Crippen LogP contribution in [-0.4, -0.2) is 317 Å².